The molecule has 0 amide bonds. The maximum absolute atomic E-state index is 12.9. The molecule has 5 aliphatic rings. The topological polar surface area (TPSA) is 80.0 Å². The number of carbonyl (C=O) groups excluding carboxylic acids is 1. The number of aliphatic hydroxyl groups excluding tert-OH is 1. The third-order valence-electron chi connectivity index (χ3n) is 10.7. The van der Waals surface area contributed by atoms with Crippen molar-refractivity contribution < 1.29 is 19.1 Å². The van der Waals surface area contributed by atoms with Crippen LogP contribution in [0.4, 0.5) is 0 Å². The van der Waals surface area contributed by atoms with Gasteiger partial charge in [0, 0.05) is 17.4 Å². The Balaban J connectivity index is 1.42. The zero-order valence-corrected chi connectivity index (χ0v) is 18.8. The molecule has 6 rings (SSSR count). The van der Waals surface area contributed by atoms with Gasteiger partial charge in [0.1, 0.15) is 11.4 Å². The van der Waals surface area contributed by atoms with E-state index in [0.29, 0.717) is 17.8 Å². The van der Waals surface area contributed by atoms with Gasteiger partial charge in [0.15, 0.2) is 0 Å². The van der Waals surface area contributed by atoms with Crippen molar-refractivity contribution in [2.75, 3.05) is 0 Å². The molecule has 0 bridgehead atoms. The maximum atomic E-state index is 12.9. The zero-order chi connectivity index (χ0) is 21.8. The first kappa shape index (κ1) is 20.2. The van der Waals surface area contributed by atoms with E-state index in [-0.39, 0.29) is 51.9 Å². The molecule has 1 N–H and O–H groups in total. The van der Waals surface area contributed by atoms with Gasteiger partial charge >= 0.3 is 5.63 Å². The summed E-state index contributed by atoms with van der Waals surface area (Å²) in [5.41, 5.74) is 0.509. The molecule has 0 radical (unpaired) electrons. The standard InChI is InChI=1S/C26H34O5/c1-14(27)21-22(15-4-7-20(29)30-13-15)25(3)11-9-18-19(26(25)23(21)31-26)6-5-16-12-17(28)8-10-24(16,18)2/h4,7,13,16-19,21-23,28H,5-6,8-12H2,1-3H3/t16-,17+,18+,19-,21-,22+,23-,24+,25-,26-/m1/s1. The van der Waals surface area contributed by atoms with E-state index in [2.05, 4.69) is 13.8 Å². The fourth-order valence-corrected chi connectivity index (χ4v) is 9.31. The van der Waals surface area contributed by atoms with Gasteiger partial charge < -0.3 is 14.3 Å². The van der Waals surface area contributed by atoms with E-state index in [1.54, 1.807) is 13.2 Å². The van der Waals surface area contributed by atoms with Crippen molar-refractivity contribution in [1.29, 1.82) is 0 Å². The molecule has 2 heterocycles. The van der Waals surface area contributed by atoms with E-state index in [1.165, 1.54) is 6.07 Å². The average Bonchev–Trinajstić information content (AvgIpc) is 3.41. The molecule has 4 aliphatic carbocycles. The van der Waals surface area contributed by atoms with Crippen LogP contribution in [0.25, 0.3) is 0 Å². The minimum atomic E-state index is -0.350. The Kier molecular flexibility index (Phi) is 4.11. The van der Waals surface area contributed by atoms with Crippen molar-refractivity contribution in [3.8, 4) is 0 Å². The lowest BCUT2D eigenvalue weighted by Crippen LogP contribution is -2.58. The van der Waals surface area contributed by atoms with E-state index in [1.807, 2.05) is 6.07 Å². The van der Waals surface area contributed by atoms with Gasteiger partial charge in [-0.05, 0) is 86.7 Å². The number of hydrogen-bond donors (Lipinski definition) is 1. The number of Topliss-reactive ketones (excluding diaryl/α,β-unsaturated/α-hetero) is 1. The van der Waals surface area contributed by atoms with Crippen molar-refractivity contribution >= 4 is 5.78 Å². The molecule has 0 aromatic carbocycles. The Morgan fingerprint density at radius 2 is 1.90 bits per heavy atom. The molecule has 0 unspecified atom stereocenters. The van der Waals surface area contributed by atoms with E-state index in [0.717, 1.165) is 50.5 Å². The largest absolute Gasteiger partial charge is 0.431 e. The number of ketones is 1. The van der Waals surface area contributed by atoms with Crippen LogP contribution < -0.4 is 5.63 Å². The van der Waals surface area contributed by atoms with E-state index in [9.17, 15) is 14.7 Å². The molecule has 5 nitrogen and oxygen atoms in total. The van der Waals surface area contributed by atoms with Crippen LogP contribution in [0.1, 0.15) is 77.2 Å². The molecule has 1 saturated heterocycles. The van der Waals surface area contributed by atoms with Gasteiger partial charge in [0.25, 0.3) is 0 Å². The average molecular weight is 427 g/mol. The number of epoxide rings is 1. The van der Waals surface area contributed by atoms with Crippen molar-refractivity contribution in [2.45, 2.75) is 89.4 Å². The monoisotopic (exact) mass is 426 g/mol. The highest BCUT2D eigenvalue weighted by Crippen LogP contribution is 2.79. The molecule has 5 heteroatoms. The van der Waals surface area contributed by atoms with Gasteiger partial charge in [0.05, 0.1) is 24.4 Å². The Hall–Kier alpha value is -1.46. The number of hydrogen-bond acceptors (Lipinski definition) is 5. The van der Waals surface area contributed by atoms with Crippen LogP contribution >= 0.6 is 0 Å². The molecular formula is C26H34O5. The first-order valence-corrected chi connectivity index (χ1v) is 12.2. The lowest BCUT2D eigenvalue weighted by molar-refractivity contribution is -0.143. The third-order valence-corrected chi connectivity index (χ3v) is 10.7. The Morgan fingerprint density at radius 1 is 1.10 bits per heavy atom. The fraction of sp³-hybridized carbons (Fsp3) is 0.769. The molecule has 4 saturated carbocycles. The molecular weight excluding hydrogens is 392 g/mol. The lowest BCUT2D eigenvalue weighted by Gasteiger charge is -2.61. The fourth-order valence-electron chi connectivity index (χ4n) is 9.31. The van der Waals surface area contributed by atoms with Crippen LogP contribution in [0.15, 0.2) is 27.6 Å². The Morgan fingerprint density at radius 3 is 2.61 bits per heavy atom. The Labute approximate surface area is 183 Å². The highest BCUT2D eigenvalue weighted by Gasteiger charge is 2.84. The minimum absolute atomic E-state index is 0.0194. The number of aliphatic hydroxyl groups is 1. The molecule has 1 spiro atoms. The smallest absolute Gasteiger partial charge is 0.335 e. The first-order valence-electron chi connectivity index (χ1n) is 12.2. The third kappa shape index (κ3) is 2.40. The van der Waals surface area contributed by atoms with Gasteiger partial charge in [-0.15, -0.1) is 0 Å². The zero-order valence-electron chi connectivity index (χ0n) is 18.8. The second-order valence-corrected chi connectivity index (χ2v) is 11.7. The molecule has 1 aliphatic heterocycles. The van der Waals surface area contributed by atoms with E-state index in [4.69, 9.17) is 9.15 Å². The second kappa shape index (κ2) is 6.32. The Bertz CT molecular complexity index is 964. The summed E-state index contributed by atoms with van der Waals surface area (Å²) >= 11 is 0. The SMILES string of the molecule is CC(=O)[C@H]1[C@H]2O[C@]23[C@@H]2CC[C@@H]4C[C@@H](O)CC[C@]4(C)[C@H]2CC[C@]3(C)[C@H]1c1ccc(=O)oc1. The van der Waals surface area contributed by atoms with Crippen molar-refractivity contribution in [2.24, 2.45) is 34.5 Å². The van der Waals surface area contributed by atoms with Crippen LogP contribution in [0.5, 0.6) is 0 Å². The van der Waals surface area contributed by atoms with E-state index < -0.39 is 0 Å². The normalized spacial score (nSPS) is 52.5. The summed E-state index contributed by atoms with van der Waals surface area (Å²) in [5.74, 6) is 1.71. The summed E-state index contributed by atoms with van der Waals surface area (Å²) in [4.78, 5) is 24.5. The highest BCUT2D eigenvalue weighted by atomic mass is 16.6. The van der Waals surface area contributed by atoms with Gasteiger partial charge in [-0.2, -0.15) is 0 Å². The van der Waals surface area contributed by atoms with Crippen LogP contribution in [-0.4, -0.2) is 28.7 Å². The van der Waals surface area contributed by atoms with Crippen LogP contribution in [0.2, 0.25) is 0 Å². The maximum Gasteiger partial charge on any atom is 0.335 e. The number of rotatable bonds is 2. The molecule has 1 aromatic heterocycles. The summed E-state index contributed by atoms with van der Waals surface area (Å²) < 4.78 is 11.9. The van der Waals surface area contributed by atoms with Crippen LogP contribution in [0.3, 0.4) is 0 Å². The molecule has 168 valence electrons. The van der Waals surface area contributed by atoms with Crippen molar-refractivity contribution in [3.05, 3.63) is 34.4 Å². The first-order chi connectivity index (χ1) is 14.7. The van der Waals surface area contributed by atoms with Gasteiger partial charge in [-0.3, -0.25) is 4.79 Å². The highest BCUT2D eigenvalue weighted by molar-refractivity contribution is 5.82. The lowest BCUT2D eigenvalue weighted by atomic mass is 9.44. The summed E-state index contributed by atoms with van der Waals surface area (Å²) in [6.07, 6.45) is 8.83. The van der Waals surface area contributed by atoms with Gasteiger partial charge in [-0.1, -0.05) is 13.8 Å². The summed E-state index contributed by atoms with van der Waals surface area (Å²) in [5, 5.41) is 10.3. The van der Waals surface area contributed by atoms with Crippen LogP contribution in [-0.2, 0) is 9.53 Å². The summed E-state index contributed by atoms with van der Waals surface area (Å²) in [6.45, 7) is 6.50. The predicted octanol–water partition coefficient (Wildman–Crippen LogP) is 4.07. The van der Waals surface area contributed by atoms with E-state index >= 15 is 0 Å². The molecule has 1 aromatic rings. The quantitative estimate of drug-likeness (QED) is 0.721. The predicted molar refractivity (Wildman–Crippen MR) is 115 cm³/mol. The summed E-state index contributed by atoms with van der Waals surface area (Å²) in [7, 11) is 0. The molecule has 10 atom stereocenters. The minimum Gasteiger partial charge on any atom is -0.431 e. The summed E-state index contributed by atoms with van der Waals surface area (Å²) in [6, 6.07) is 3.35. The van der Waals surface area contributed by atoms with Crippen molar-refractivity contribution in [3.63, 3.8) is 0 Å². The second-order valence-electron chi connectivity index (χ2n) is 11.7. The van der Waals surface area contributed by atoms with Crippen molar-refractivity contribution in [1.82, 2.24) is 0 Å². The molecule has 31 heavy (non-hydrogen) atoms. The molecule has 5 fully saturated rings. The number of fused-ring (bicyclic) bond motifs is 3. The van der Waals surface area contributed by atoms with Gasteiger partial charge in [0.2, 0.25) is 0 Å². The van der Waals surface area contributed by atoms with Gasteiger partial charge in [-0.25, -0.2) is 4.79 Å². The number of carbonyl (C=O) groups is 1. The van der Waals surface area contributed by atoms with Crippen LogP contribution in [0, 0.1) is 34.5 Å². The number of ether oxygens (including phenoxy) is 1.